The second kappa shape index (κ2) is 5.78. The van der Waals surface area contributed by atoms with Crippen molar-refractivity contribution in [2.45, 2.75) is 4.90 Å². The molecule has 1 aromatic heterocycles. The Labute approximate surface area is 132 Å². The monoisotopic (exact) mass is 424 g/mol. The molecular formula is C11H7Br2ClN2O2S. The molecule has 2 aromatic rings. The molecule has 0 spiro atoms. The summed E-state index contributed by atoms with van der Waals surface area (Å²) in [6.45, 7) is 0. The Balaban J connectivity index is 2.44. The third kappa shape index (κ3) is 3.47. The first-order valence-corrected chi connectivity index (χ1v) is 8.42. The number of anilines is 1. The van der Waals surface area contributed by atoms with Crippen molar-refractivity contribution in [2.75, 3.05) is 4.72 Å². The number of sulfonamides is 1. The molecule has 0 aliphatic heterocycles. The Kier molecular flexibility index (Phi) is 4.50. The molecule has 0 bridgehead atoms. The van der Waals surface area contributed by atoms with Gasteiger partial charge in [0.25, 0.3) is 10.0 Å². The van der Waals surface area contributed by atoms with Gasteiger partial charge in [-0.05, 0) is 40.2 Å². The normalized spacial score (nSPS) is 11.3. The lowest BCUT2D eigenvalue weighted by atomic mass is 10.4. The van der Waals surface area contributed by atoms with Crippen LogP contribution in [0.5, 0.6) is 0 Å². The molecule has 0 saturated carbocycles. The van der Waals surface area contributed by atoms with Gasteiger partial charge < -0.3 is 0 Å². The van der Waals surface area contributed by atoms with E-state index in [0.29, 0.717) is 8.95 Å². The number of rotatable bonds is 3. The largest absolute Gasteiger partial charge is 0.277 e. The maximum Gasteiger partial charge on any atom is 0.263 e. The summed E-state index contributed by atoms with van der Waals surface area (Å²) in [5.74, 6) is 0. The van der Waals surface area contributed by atoms with Crippen LogP contribution in [-0.2, 0) is 10.0 Å². The summed E-state index contributed by atoms with van der Waals surface area (Å²) >= 11 is 12.3. The Morgan fingerprint density at radius 2 is 1.95 bits per heavy atom. The molecule has 1 heterocycles. The fraction of sp³-hybridized carbons (Fsp3) is 0. The number of benzene rings is 1. The Hall–Kier alpha value is -0.630. The minimum Gasteiger partial charge on any atom is -0.277 e. The van der Waals surface area contributed by atoms with Crippen LogP contribution in [0.2, 0.25) is 5.02 Å². The molecule has 8 heteroatoms. The van der Waals surface area contributed by atoms with Gasteiger partial charge in [0.05, 0.1) is 16.9 Å². The predicted molar refractivity (Wildman–Crippen MR) is 81.9 cm³/mol. The van der Waals surface area contributed by atoms with Gasteiger partial charge in [0.2, 0.25) is 0 Å². The topological polar surface area (TPSA) is 59.1 Å². The maximum absolute atomic E-state index is 12.3. The Morgan fingerprint density at radius 3 is 2.63 bits per heavy atom. The van der Waals surface area contributed by atoms with Gasteiger partial charge in [-0.25, -0.2) is 8.42 Å². The molecule has 0 amide bonds. The summed E-state index contributed by atoms with van der Waals surface area (Å²) in [7, 11) is -3.74. The highest BCUT2D eigenvalue weighted by Crippen LogP contribution is 2.29. The van der Waals surface area contributed by atoms with E-state index in [2.05, 4.69) is 41.6 Å². The Morgan fingerprint density at radius 1 is 1.21 bits per heavy atom. The van der Waals surface area contributed by atoms with Gasteiger partial charge in [0.1, 0.15) is 4.90 Å². The maximum atomic E-state index is 12.3. The van der Waals surface area contributed by atoms with Crippen molar-refractivity contribution in [1.82, 2.24) is 4.98 Å². The molecule has 0 unspecified atom stereocenters. The van der Waals surface area contributed by atoms with Gasteiger partial charge in [0, 0.05) is 15.1 Å². The molecule has 0 fully saturated rings. The number of halogens is 3. The molecule has 0 aliphatic carbocycles. The van der Waals surface area contributed by atoms with Crippen molar-refractivity contribution in [3.05, 3.63) is 50.6 Å². The summed E-state index contributed by atoms with van der Waals surface area (Å²) < 4.78 is 28.1. The van der Waals surface area contributed by atoms with Gasteiger partial charge in [-0.3, -0.25) is 9.71 Å². The van der Waals surface area contributed by atoms with Crippen molar-refractivity contribution < 1.29 is 8.42 Å². The lowest BCUT2D eigenvalue weighted by Crippen LogP contribution is -2.14. The quantitative estimate of drug-likeness (QED) is 0.805. The number of hydrogen-bond donors (Lipinski definition) is 1. The van der Waals surface area contributed by atoms with Gasteiger partial charge in [-0.1, -0.05) is 27.5 Å². The first-order chi connectivity index (χ1) is 8.90. The molecule has 0 atom stereocenters. The van der Waals surface area contributed by atoms with E-state index in [4.69, 9.17) is 11.6 Å². The Bertz CT molecular complexity index is 722. The van der Waals surface area contributed by atoms with Crippen LogP contribution in [0.25, 0.3) is 0 Å². The van der Waals surface area contributed by atoms with Gasteiger partial charge in [-0.2, -0.15) is 0 Å². The van der Waals surface area contributed by atoms with Crippen molar-refractivity contribution in [2.24, 2.45) is 0 Å². The van der Waals surface area contributed by atoms with E-state index >= 15 is 0 Å². The standard InChI is InChI=1S/C11H7Br2ClN2O2S/c12-7-1-2-8(13)11(5-7)19(17,18)16-10-6-15-4-3-9(10)14/h1-6,16H. The summed E-state index contributed by atoms with van der Waals surface area (Å²) in [4.78, 5) is 3.94. The molecule has 100 valence electrons. The number of nitrogens with one attached hydrogen (secondary N) is 1. The first-order valence-electron chi connectivity index (χ1n) is 4.97. The van der Waals surface area contributed by atoms with Crippen LogP contribution >= 0.6 is 43.5 Å². The van der Waals surface area contributed by atoms with E-state index < -0.39 is 10.0 Å². The van der Waals surface area contributed by atoms with Gasteiger partial charge in [0.15, 0.2) is 0 Å². The first kappa shape index (κ1) is 14.8. The predicted octanol–water partition coefficient (Wildman–Crippen LogP) is 4.06. The molecule has 0 saturated heterocycles. The number of aromatic nitrogens is 1. The zero-order valence-corrected chi connectivity index (χ0v) is 14.0. The molecule has 19 heavy (non-hydrogen) atoms. The van der Waals surface area contributed by atoms with Crippen LogP contribution in [0.3, 0.4) is 0 Å². The summed E-state index contributed by atoms with van der Waals surface area (Å²) in [6.07, 6.45) is 2.83. The fourth-order valence-electron chi connectivity index (χ4n) is 1.34. The molecule has 1 aromatic carbocycles. The molecule has 0 radical (unpaired) electrons. The van der Waals surface area contributed by atoms with Gasteiger partial charge in [-0.15, -0.1) is 0 Å². The lowest BCUT2D eigenvalue weighted by molar-refractivity contribution is 0.600. The lowest BCUT2D eigenvalue weighted by Gasteiger charge is -2.10. The van der Waals surface area contributed by atoms with Gasteiger partial charge >= 0.3 is 0 Å². The fourth-order valence-corrected chi connectivity index (χ4v) is 4.11. The minimum atomic E-state index is -3.74. The average molecular weight is 427 g/mol. The third-order valence-corrected chi connectivity index (χ3v) is 5.38. The van der Waals surface area contributed by atoms with Crippen molar-refractivity contribution in [1.29, 1.82) is 0 Å². The van der Waals surface area contributed by atoms with Crippen LogP contribution in [0, 0.1) is 0 Å². The molecule has 1 N–H and O–H groups in total. The van der Waals surface area contributed by atoms with Crippen molar-refractivity contribution in [3.63, 3.8) is 0 Å². The van der Waals surface area contributed by atoms with E-state index in [1.54, 1.807) is 12.1 Å². The van der Waals surface area contributed by atoms with Crippen LogP contribution < -0.4 is 4.72 Å². The molecule has 0 aliphatic rings. The SMILES string of the molecule is O=S(=O)(Nc1cnccc1Cl)c1cc(Br)ccc1Br. The minimum absolute atomic E-state index is 0.113. The summed E-state index contributed by atoms with van der Waals surface area (Å²) in [5.41, 5.74) is 0.232. The second-order valence-corrected chi connectivity index (χ2v) is 7.36. The van der Waals surface area contributed by atoms with Crippen molar-refractivity contribution in [3.8, 4) is 0 Å². The van der Waals surface area contributed by atoms with Crippen LogP contribution in [0.4, 0.5) is 5.69 Å². The summed E-state index contributed by atoms with van der Waals surface area (Å²) in [6, 6.07) is 6.38. The highest BCUT2D eigenvalue weighted by atomic mass is 79.9. The highest BCUT2D eigenvalue weighted by Gasteiger charge is 2.19. The highest BCUT2D eigenvalue weighted by molar-refractivity contribution is 9.11. The van der Waals surface area contributed by atoms with E-state index in [-0.39, 0.29) is 15.6 Å². The zero-order chi connectivity index (χ0) is 14.0. The number of nitrogens with zero attached hydrogens (tertiary/aromatic N) is 1. The number of pyridine rings is 1. The summed E-state index contributed by atoms with van der Waals surface area (Å²) in [5, 5.41) is 0.282. The third-order valence-electron chi connectivity index (χ3n) is 2.19. The average Bonchev–Trinajstić information content (AvgIpc) is 2.35. The van der Waals surface area contributed by atoms with E-state index in [1.165, 1.54) is 24.5 Å². The molecule has 4 nitrogen and oxygen atoms in total. The van der Waals surface area contributed by atoms with Crippen molar-refractivity contribution >= 4 is 59.2 Å². The van der Waals surface area contributed by atoms with E-state index in [1.807, 2.05) is 0 Å². The molecule has 2 rings (SSSR count). The van der Waals surface area contributed by atoms with Crippen LogP contribution in [0.15, 0.2) is 50.5 Å². The van der Waals surface area contributed by atoms with Crippen LogP contribution in [0.1, 0.15) is 0 Å². The van der Waals surface area contributed by atoms with Crippen LogP contribution in [-0.4, -0.2) is 13.4 Å². The van der Waals surface area contributed by atoms with E-state index in [0.717, 1.165) is 0 Å². The number of hydrogen-bond acceptors (Lipinski definition) is 3. The van der Waals surface area contributed by atoms with E-state index in [9.17, 15) is 8.42 Å². The molecular weight excluding hydrogens is 419 g/mol. The smallest absolute Gasteiger partial charge is 0.263 e. The second-order valence-electron chi connectivity index (χ2n) is 3.54. The zero-order valence-electron chi connectivity index (χ0n) is 9.27.